The minimum atomic E-state index is 0.896. The molecule has 0 aliphatic carbocycles. The van der Waals surface area contributed by atoms with Crippen LogP contribution in [0.3, 0.4) is 0 Å². The third kappa shape index (κ3) is 2.96. The zero-order valence-electron chi connectivity index (χ0n) is 14.6. The molecule has 0 fully saturated rings. The minimum absolute atomic E-state index is 0.896. The summed E-state index contributed by atoms with van der Waals surface area (Å²) >= 11 is 1.76. The van der Waals surface area contributed by atoms with E-state index in [0.717, 1.165) is 38.4 Å². The van der Waals surface area contributed by atoms with Gasteiger partial charge in [0.2, 0.25) is 0 Å². The molecular formula is C24H17NOS. The van der Waals surface area contributed by atoms with E-state index in [4.69, 9.17) is 4.74 Å². The molecule has 4 aromatic rings. The van der Waals surface area contributed by atoms with Gasteiger partial charge < -0.3 is 9.64 Å². The summed E-state index contributed by atoms with van der Waals surface area (Å²) in [5, 5.41) is 0. The second-order valence-corrected chi connectivity index (χ2v) is 7.31. The van der Waals surface area contributed by atoms with E-state index in [1.54, 1.807) is 11.8 Å². The molecule has 0 radical (unpaired) electrons. The molecule has 1 aliphatic heterocycles. The quantitative estimate of drug-likeness (QED) is 0.329. The number of anilines is 3. The molecule has 1 heterocycles. The molecule has 4 aromatic carbocycles. The Morgan fingerprint density at radius 3 is 1.85 bits per heavy atom. The molecule has 0 spiro atoms. The molecule has 0 amide bonds. The second kappa shape index (κ2) is 6.86. The number of hydrogen-bond donors (Lipinski definition) is 0. The summed E-state index contributed by atoms with van der Waals surface area (Å²) in [4.78, 5) is 4.55. The summed E-state index contributed by atoms with van der Waals surface area (Å²) in [6, 6.07) is 35.3. The van der Waals surface area contributed by atoms with E-state index in [9.17, 15) is 0 Å². The van der Waals surface area contributed by atoms with Crippen LogP contribution < -0.4 is 9.64 Å². The Labute approximate surface area is 163 Å². The van der Waals surface area contributed by atoms with Gasteiger partial charge in [-0.25, -0.2) is 0 Å². The molecule has 0 unspecified atom stereocenters. The fourth-order valence-electron chi connectivity index (χ4n) is 3.29. The summed E-state index contributed by atoms with van der Waals surface area (Å²) in [6.45, 7) is 0. The summed E-state index contributed by atoms with van der Waals surface area (Å²) in [7, 11) is 0. The molecule has 1 aliphatic rings. The Hall–Kier alpha value is -3.17. The van der Waals surface area contributed by atoms with E-state index in [0.29, 0.717) is 0 Å². The van der Waals surface area contributed by atoms with Crippen molar-refractivity contribution in [3.05, 3.63) is 103 Å². The van der Waals surface area contributed by atoms with Crippen LogP contribution in [0.25, 0.3) is 0 Å². The fourth-order valence-corrected chi connectivity index (χ4v) is 4.34. The molecule has 130 valence electrons. The summed E-state index contributed by atoms with van der Waals surface area (Å²) in [5.41, 5.74) is 3.36. The Balaban J connectivity index is 1.69. The summed E-state index contributed by atoms with van der Waals surface area (Å²) in [5.74, 6) is 1.81. The molecule has 3 heteroatoms. The van der Waals surface area contributed by atoms with Crippen LogP contribution in [-0.4, -0.2) is 0 Å². The van der Waals surface area contributed by atoms with Crippen LogP contribution in [0.15, 0.2) is 113 Å². The molecule has 0 atom stereocenters. The Morgan fingerprint density at radius 2 is 1.15 bits per heavy atom. The SMILES string of the molecule is c1ccc(N(c2ccccc2)c2cccc3c2Sc2ccccc2O3)cc1. The van der Waals surface area contributed by atoms with Gasteiger partial charge in [-0.15, -0.1) is 0 Å². The second-order valence-electron chi connectivity index (χ2n) is 6.26. The fraction of sp³-hybridized carbons (Fsp3) is 0. The number of rotatable bonds is 3. The molecule has 27 heavy (non-hydrogen) atoms. The van der Waals surface area contributed by atoms with Crippen molar-refractivity contribution < 1.29 is 4.74 Å². The highest BCUT2D eigenvalue weighted by atomic mass is 32.2. The first-order valence-electron chi connectivity index (χ1n) is 8.88. The normalized spacial score (nSPS) is 11.9. The van der Waals surface area contributed by atoms with Crippen LogP contribution in [0.4, 0.5) is 17.1 Å². The van der Waals surface area contributed by atoms with Gasteiger partial charge in [-0.1, -0.05) is 66.4 Å². The average molecular weight is 367 g/mol. The van der Waals surface area contributed by atoms with Crippen LogP contribution in [-0.2, 0) is 0 Å². The van der Waals surface area contributed by atoms with Gasteiger partial charge in [0.25, 0.3) is 0 Å². The van der Waals surface area contributed by atoms with Crippen LogP contribution in [0.2, 0.25) is 0 Å². The standard InChI is InChI=1S/C24H17NOS/c1-3-10-18(11-4-1)25(19-12-5-2-6-13-19)20-14-9-16-22-24(20)27-23-17-8-7-15-21(23)26-22/h1-17H. The van der Waals surface area contributed by atoms with E-state index in [-0.39, 0.29) is 0 Å². The van der Waals surface area contributed by atoms with E-state index in [2.05, 4.69) is 77.7 Å². The molecule has 2 nitrogen and oxygen atoms in total. The van der Waals surface area contributed by atoms with Crippen LogP contribution >= 0.6 is 11.8 Å². The van der Waals surface area contributed by atoms with E-state index < -0.39 is 0 Å². The van der Waals surface area contributed by atoms with Crippen molar-refractivity contribution in [2.24, 2.45) is 0 Å². The highest BCUT2D eigenvalue weighted by Crippen LogP contribution is 2.52. The Bertz CT molecular complexity index is 1040. The van der Waals surface area contributed by atoms with Gasteiger partial charge in [0, 0.05) is 11.4 Å². The average Bonchev–Trinajstić information content (AvgIpc) is 2.74. The first-order chi connectivity index (χ1) is 13.4. The van der Waals surface area contributed by atoms with Gasteiger partial charge in [0.05, 0.1) is 15.5 Å². The van der Waals surface area contributed by atoms with Crippen LogP contribution in [0.1, 0.15) is 0 Å². The highest BCUT2D eigenvalue weighted by Gasteiger charge is 2.24. The minimum Gasteiger partial charge on any atom is -0.455 e. The van der Waals surface area contributed by atoms with Crippen molar-refractivity contribution >= 4 is 28.8 Å². The molecular weight excluding hydrogens is 350 g/mol. The third-order valence-electron chi connectivity index (χ3n) is 4.51. The maximum atomic E-state index is 6.19. The molecule has 0 saturated carbocycles. The zero-order valence-corrected chi connectivity index (χ0v) is 15.4. The maximum Gasteiger partial charge on any atom is 0.143 e. The summed E-state index contributed by atoms with van der Waals surface area (Å²) < 4.78 is 6.19. The topological polar surface area (TPSA) is 12.5 Å². The van der Waals surface area contributed by atoms with Gasteiger partial charge in [-0.3, -0.25) is 0 Å². The monoisotopic (exact) mass is 367 g/mol. The van der Waals surface area contributed by atoms with Crippen molar-refractivity contribution in [3.8, 4) is 11.5 Å². The predicted octanol–water partition coefficient (Wildman–Crippen LogP) is 7.41. The molecule has 0 aromatic heterocycles. The Morgan fingerprint density at radius 1 is 0.556 bits per heavy atom. The smallest absolute Gasteiger partial charge is 0.143 e. The van der Waals surface area contributed by atoms with Crippen molar-refractivity contribution in [1.29, 1.82) is 0 Å². The molecule has 0 N–H and O–H groups in total. The number of para-hydroxylation sites is 3. The van der Waals surface area contributed by atoms with E-state index in [1.807, 2.05) is 30.3 Å². The van der Waals surface area contributed by atoms with E-state index >= 15 is 0 Å². The van der Waals surface area contributed by atoms with Crippen molar-refractivity contribution in [2.45, 2.75) is 9.79 Å². The Kier molecular flexibility index (Phi) is 4.07. The predicted molar refractivity (Wildman–Crippen MR) is 112 cm³/mol. The van der Waals surface area contributed by atoms with Crippen LogP contribution in [0, 0.1) is 0 Å². The third-order valence-corrected chi connectivity index (χ3v) is 5.68. The largest absolute Gasteiger partial charge is 0.455 e. The first-order valence-corrected chi connectivity index (χ1v) is 9.70. The first kappa shape index (κ1) is 16.0. The maximum absolute atomic E-state index is 6.19. The lowest BCUT2D eigenvalue weighted by molar-refractivity contribution is 0.455. The highest BCUT2D eigenvalue weighted by molar-refractivity contribution is 7.99. The summed E-state index contributed by atoms with van der Waals surface area (Å²) in [6.07, 6.45) is 0. The number of hydrogen-bond acceptors (Lipinski definition) is 3. The van der Waals surface area contributed by atoms with Gasteiger partial charge in [0.15, 0.2) is 0 Å². The lowest BCUT2D eigenvalue weighted by Gasteiger charge is -2.30. The van der Waals surface area contributed by atoms with Gasteiger partial charge in [0.1, 0.15) is 11.5 Å². The van der Waals surface area contributed by atoms with Gasteiger partial charge in [-0.05, 0) is 48.5 Å². The van der Waals surface area contributed by atoms with Crippen LogP contribution in [0.5, 0.6) is 11.5 Å². The van der Waals surface area contributed by atoms with Crippen molar-refractivity contribution in [2.75, 3.05) is 4.90 Å². The number of fused-ring (bicyclic) bond motifs is 2. The molecule has 0 saturated heterocycles. The number of benzene rings is 4. The molecule has 0 bridgehead atoms. The zero-order chi connectivity index (χ0) is 18.1. The number of ether oxygens (including phenoxy) is 1. The van der Waals surface area contributed by atoms with E-state index in [1.165, 1.54) is 0 Å². The lowest BCUT2D eigenvalue weighted by Crippen LogP contribution is -2.11. The van der Waals surface area contributed by atoms with Crippen molar-refractivity contribution in [1.82, 2.24) is 0 Å². The number of nitrogens with zero attached hydrogens (tertiary/aromatic N) is 1. The van der Waals surface area contributed by atoms with Gasteiger partial charge >= 0.3 is 0 Å². The lowest BCUT2D eigenvalue weighted by atomic mass is 10.2. The van der Waals surface area contributed by atoms with Gasteiger partial charge in [-0.2, -0.15) is 0 Å². The molecule has 5 rings (SSSR count). The van der Waals surface area contributed by atoms with Crippen molar-refractivity contribution in [3.63, 3.8) is 0 Å².